The number of pyridine rings is 1. The Morgan fingerprint density at radius 2 is 2.05 bits per heavy atom. The van der Waals surface area contributed by atoms with Crippen LogP contribution in [-0.4, -0.2) is 21.8 Å². The van der Waals surface area contributed by atoms with Crippen molar-refractivity contribution in [3.05, 3.63) is 63.9 Å². The van der Waals surface area contributed by atoms with Gasteiger partial charge in [-0.2, -0.15) is 5.01 Å². The summed E-state index contributed by atoms with van der Waals surface area (Å²) in [6, 6.07) is 10.4. The van der Waals surface area contributed by atoms with E-state index in [-0.39, 0.29) is 11.8 Å². The molecule has 0 unspecified atom stereocenters. The first-order valence-corrected chi connectivity index (χ1v) is 7.23. The maximum absolute atomic E-state index is 11.8. The summed E-state index contributed by atoms with van der Waals surface area (Å²) in [4.78, 5) is 16.0. The lowest BCUT2D eigenvalue weighted by atomic mass is 10.2. The molecular formula is C15H11Cl2N3O2. The molecule has 0 saturated carbocycles. The van der Waals surface area contributed by atoms with Crippen LogP contribution in [0.1, 0.15) is 24.4 Å². The van der Waals surface area contributed by atoms with Gasteiger partial charge >= 0.3 is 0 Å². The topological polar surface area (TPSA) is 54.8 Å². The number of hydrazone groups is 1. The average Bonchev–Trinajstić information content (AvgIpc) is 2.96. The number of nitrogens with zero attached hydrogens (tertiary/aromatic N) is 3. The first-order chi connectivity index (χ1) is 10.6. The SMILES string of the molecule is CC(=O)N1N=C(c2ccccn2)O[C@@H]1c1ccc(Cl)c(Cl)c1. The number of rotatable bonds is 2. The molecule has 22 heavy (non-hydrogen) atoms. The molecule has 2 aromatic rings. The average molecular weight is 336 g/mol. The molecule has 0 N–H and O–H groups in total. The van der Waals surface area contributed by atoms with Crippen molar-refractivity contribution in [2.24, 2.45) is 5.10 Å². The number of hydrogen-bond acceptors (Lipinski definition) is 4. The molecular weight excluding hydrogens is 325 g/mol. The number of hydrogen-bond donors (Lipinski definition) is 0. The second-order valence-corrected chi connectivity index (χ2v) is 5.44. The molecule has 0 saturated heterocycles. The van der Waals surface area contributed by atoms with Crippen molar-refractivity contribution < 1.29 is 9.53 Å². The van der Waals surface area contributed by atoms with E-state index in [0.717, 1.165) is 0 Å². The van der Waals surface area contributed by atoms with E-state index in [0.29, 0.717) is 21.3 Å². The maximum atomic E-state index is 11.8. The van der Waals surface area contributed by atoms with E-state index in [1.807, 2.05) is 6.07 Å². The predicted molar refractivity (Wildman–Crippen MR) is 83.6 cm³/mol. The highest BCUT2D eigenvalue weighted by Crippen LogP contribution is 2.33. The molecule has 1 aromatic carbocycles. The number of carbonyl (C=O) groups is 1. The summed E-state index contributed by atoms with van der Waals surface area (Å²) in [7, 11) is 0. The Hall–Kier alpha value is -2.11. The van der Waals surface area contributed by atoms with Crippen LogP contribution in [0, 0.1) is 0 Å². The molecule has 0 fully saturated rings. The predicted octanol–water partition coefficient (Wildman–Crippen LogP) is 3.63. The van der Waals surface area contributed by atoms with E-state index in [1.165, 1.54) is 11.9 Å². The Bertz CT molecular complexity index is 750. The maximum Gasteiger partial charge on any atom is 0.259 e. The van der Waals surface area contributed by atoms with Gasteiger partial charge < -0.3 is 4.74 Å². The van der Waals surface area contributed by atoms with Gasteiger partial charge in [-0.25, -0.2) is 0 Å². The van der Waals surface area contributed by atoms with Gasteiger partial charge in [0.25, 0.3) is 5.90 Å². The molecule has 0 spiro atoms. The van der Waals surface area contributed by atoms with E-state index in [1.54, 1.807) is 36.5 Å². The van der Waals surface area contributed by atoms with Crippen LogP contribution in [-0.2, 0) is 9.53 Å². The Labute approximate surface area is 137 Å². The summed E-state index contributed by atoms with van der Waals surface area (Å²) in [5.74, 6) is 0.0360. The summed E-state index contributed by atoms with van der Waals surface area (Å²) < 4.78 is 5.79. The zero-order valence-corrected chi connectivity index (χ0v) is 13.0. The van der Waals surface area contributed by atoms with Gasteiger partial charge in [-0.05, 0) is 24.3 Å². The molecule has 1 aliphatic heterocycles. The van der Waals surface area contributed by atoms with E-state index >= 15 is 0 Å². The zero-order valence-electron chi connectivity index (χ0n) is 11.5. The molecule has 0 bridgehead atoms. The lowest BCUT2D eigenvalue weighted by molar-refractivity contribution is -0.135. The van der Waals surface area contributed by atoms with Gasteiger partial charge in [0.1, 0.15) is 5.69 Å². The van der Waals surface area contributed by atoms with Crippen LogP contribution in [0.3, 0.4) is 0 Å². The van der Waals surface area contributed by atoms with Crippen LogP contribution in [0.2, 0.25) is 10.0 Å². The zero-order chi connectivity index (χ0) is 15.7. The monoisotopic (exact) mass is 335 g/mol. The standard InChI is InChI=1S/C15H11Cl2N3O2/c1-9(21)20-15(10-5-6-11(16)12(17)8-10)22-14(19-20)13-4-2-3-7-18-13/h2-8,15H,1H3/t15-/m1/s1. The fourth-order valence-corrected chi connectivity index (χ4v) is 2.35. The molecule has 1 atom stereocenters. The second-order valence-electron chi connectivity index (χ2n) is 4.63. The van der Waals surface area contributed by atoms with E-state index in [9.17, 15) is 4.79 Å². The number of amides is 1. The van der Waals surface area contributed by atoms with E-state index in [4.69, 9.17) is 27.9 Å². The van der Waals surface area contributed by atoms with Gasteiger partial charge in [-0.3, -0.25) is 9.78 Å². The largest absolute Gasteiger partial charge is 0.445 e. The Balaban J connectivity index is 1.96. The Morgan fingerprint density at radius 1 is 1.23 bits per heavy atom. The van der Waals surface area contributed by atoms with Gasteiger partial charge in [0, 0.05) is 18.7 Å². The second kappa shape index (κ2) is 5.94. The normalized spacial score (nSPS) is 17.1. The third kappa shape index (κ3) is 2.77. The molecule has 7 heteroatoms. The summed E-state index contributed by atoms with van der Waals surface area (Å²) in [5, 5.41) is 6.28. The molecule has 2 heterocycles. The summed E-state index contributed by atoms with van der Waals surface area (Å²) in [5.41, 5.74) is 1.23. The van der Waals surface area contributed by atoms with Gasteiger partial charge in [0.05, 0.1) is 10.0 Å². The number of benzene rings is 1. The molecule has 1 amide bonds. The molecule has 1 aromatic heterocycles. The number of halogens is 2. The van der Waals surface area contributed by atoms with Gasteiger partial charge in [-0.1, -0.05) is 35.3 Å². The van der Waals surface area contributed by atoms with Crippen LogP contribution in [0.4, 0.5) is 0 Å². The lowest BCUT2D eigenvalue weighted by Gasteiger charge is -2.19. The minimum Gasteiger partial charge on any atom is -0.445 e. The van der Waals surface area contributed by atoms with Crippen molar-refractivity contribution in [2.75, 3.05) is 0 Å². The van der Waals surface area contributed by atoms with Crippen molar-refractivity contribution in [3.63, 3.8) is 0 Å². The van der Waals surface area contributed by atoms with Crippen LogP contribution in [0.5, 0.6) is 0 Å². The smallest absolute Gasteiger partial charge is 0.259 e. The Kier molecular flexibility index (Phi) is 4.00. The van der Waals surface area contributed by atoms with Crippen molar-refractivity contribution in [3.8, 4) is 0 Å². The number of aromatic nitrogens is 1. The Morgan fingerprint density at radius 3 is 2.68 bits per heavy atom. The first-order valence-electron chi connectivity index (χ1n) is 6.47. The van der Waals surface area contributed by atoms with Crippen molar-refractivity contribution in [1.29, 1.82) is 0 Å². The molecule has 0 aliphatic carbocycles. The minimum absolute atomic E-state index is 0.248. The minimum atomic E-state index is -0.690. The fraction of sp³-hybridized carbons (Fsp3) is 0.133. The molecule has 112 valence electrons. The van der Waals surface area contributed by atoms with Gasteiger partial charge in [0.2, 0.25) is 12.1 Å². The van der Waals surface area contributed by atoms with Gasteiger partial charge in [0.15, 0.2) is 0 Å². The van der Waals surface area contributed by atoms with E-state index < -0.39 is 6.23 Å². The van der Waals surface area contributed by atoms with Crippen molar-refractivity contribution in [2.45, 2.75) is 13.2 Å². The van der Waals surface area contributed by atoms with Crippen molar-refractivity contribution in [1.82, 2.24) is 9.99 Å². The van der Waals surface area contributed by atoms with E-state index in [2.05, 4.69) is 10.1 Å². The summed E-state index contributed by atoms with van der Waals surface area (Å²) >= 11 is 12.0. The third-order valence-electron chi connectivity index (χ3n) is 3.08. The van der Waals surface area contributed by atoms with Crippen LogP contribution in [0.15, 0.2) is 47.7 Å². The van der Waals surface area contributed by atoms with Gasteiger partial charge in [-0.15, -0.1) is 5.10 Å². The quantitative estimate of drug-likeness (QED) is 0.842. The highest BCUT2D eigenvalue weighted by molar-refractivity contribution is 6.42. The van der Waals surface area contributed by atoms with Crippen LogP contribution in [0.25, 0.3) is 0 Å². The first kappa shape index (κ1) is 14.8. The highest BCUT2D eigenvalue weighted by atomic mass is 35.5. The highest BCUT2D eigenvalue weighted by Gasteiger charge is 2.33. The van der Waals surface area contributed by atoms with Crippen LogP contribution < -0.4 is 0 Å². The summed E-state index contributed by atoms with van der Waals surface area (Å²) in [6.07, 6.45) is 0.940. The number of carbonyl (C=O) groups excluding carboxylic acids is 1. The summed E-state index contributed by atoms with van der Waals surface area (Å²) in [6.45, 7) is 1.42. The molecule has 5 nitrogen and oxygen atoms in total. The molecule has 3 rings (SSSR count). The fourth-order valence-electron chi connectivity index (χ4n) is 2.04. The number of ether oxygens (including phenoxy) is 1. The lowest BCUT2D eigenvalue weighted by Crippen LogP contribution is -2.25. The molecule has 1 aliphatic rings. The molecule has 0 radical (unpaired) electrons. The van der Waals surface area contributed by atoms with Crippen LogP contribution >= 0.6 is 23.2 Å². The third-order valence-corrected chi connectivity index (χ3v) is 3.82. The van der Waals surface area contributed by atoms with Crippen molar-refractivity contribution >= 4 is 35.0 Å².